The molecule has 0 radical (unpaired) electrons. The van der Waals surface area contributed by atoms with Crippen LogP contribution in [0.15, 0.2) is 12.0 Å². The van der Waals surface area contributed by atoms with Gasteiger partial charge in [0.05, 0.1) is 6.61 Å². The van der Waals surface area contributed by atoms with Gasteiger partial charge < -0.3 is 14.8 Å². The normalized spacial score (nSPS) is 26.6. The van der Waals surface area contributed by atoms with E-state index in [4.69, 9.17) is 9.47 Å². The number of ether oxygens (including phenoxy) is 2. The van der Waals surface area contributed by atoms with Crippen LogP contribution in [-0.2, 0) is 9.47 Å². The summed E-state index contributed by atoms with van der Waals surface area (Å²) in [6.45, 7) is 4.86. The van der Waals surface area contributed by atoms with Crippen LogP contribution in [0.2, 0.25) is 0 Å². The molecule has 1 N–H and O–H groups in total. The van der Waals surface area contributed by atoms with Crippen LogP contribution in [0.3, 0.4) is 0 Å². The lowest BCUT2D eigenvalue weighted by molar-refractivity contribution is -0.0375. The highest BCUT2D eigenvalue weighted by molar-refractivity contribution is 4.99. The molecule has 2 heterocycles. The predicted molar refractivity (Wildman–Crippen MR) is 45.6 cm³/mol. The smallest absolute Gasteiger partial charge is 0.131 e. The van der Waals surface area contributed by atoms with Crippen molar-refractivity contribution < 1.29 is 9.47 Å². The van der Waals surface area contributed by atoms with Crippen LogP contribution in [0.1, 0.15) is 19.8 Å². The van der Waals surface area contributed by atoms with Gasteiger partial charge in [0.1, 0.15) is 17.6 Å². The van der Waals surface area contributed by atoms with Gasteiger partial charge >= 0.3 is 0 Å². The second-order valence-corrected chi connectivity index (χ2v) is 3.71. The quantitative estimate of drug-likeness (QED) is 0.669. The molecule has 0 aromatic heterocycles. The fourth-order valence-electron chi connectivity index (χ4n) is 1.48. The molecule has 0 spiro atoms. The summed E-state index contributed by atoms with van der Waals surface area (Å²) >= 11 is 0. The van der Waals surface area contributed by atoms with Crippen LogP contribution < -0.4 is 5.32 Å². The first-order valence-electron chi connectivity index (χ1n) is 4.49. The van der Waals surface area contributed by atoms with E-state index in [0.717, 1.165) is 38.3 Å². The lowest BCUT2D eigenvalue weighted by atomic mass is 10.00. The van der Waals surface area contributed by atoms with Crippen molar-refractivity contribution in [2.45, 2.75) is 25.4 Å². The van der Waals surface area contributed by atoms with Gasteiger partial charge in [-0.2, -0.15) is 0 Å². The number of rotatable bonds is 2. The van der Waals surface area contributed by atoms with Gasteiger partial charge in [0, 0.05) is 19.5 Å². The molecular formula is C9H15NO2. The lowest BCUT2D eigenvalue weighted by Gasteiger charge is -2.40. The van der Waals surface area contributed by atoms with Crippen LogP contribution in [-0.4, -0.2) is 25.3 Å². The van der Waals surface area contributed by atoms with Crippen LogP contribution in [0, 0.1) is 0 Å². The van der Waals surface area contributed by atoms with Crippen LogP contribution in [0.5, 0.6) is 0 Å². The summed E-state index contributed by atoms with van der Waals surface area (Å²) in [5, 5.41) is 3.20. The lowest BCUT2D eigenvalue weighted by Crippen LogP contribution is -2.58. The first kappa shape index (κ1) is 7.92. The second-order valence-electron chi connectivity index (χ2n) is 3.71. The van der Waals surface area contributed by atoms with Crippen molar-refractivity contribution in [3.8, 4) is 0 Å². The number of hydrogen-bond acceptors (Lipinski definition) is 3. The Hall–Kier alpha value is -0.700. The van der Waals surface area contributed by atoms with Crippen molar-refractivity contribution >= 4 is 0 Å². The molecule has 0 amide bonds. The van der Waals surface area contributed by atoms with E-state index in [1.54, 1.807) is 6.26 Å². The largest absolute Gasteiger partial charge is 0.498 e. The van der Waals surface area contributed by atoms with E-state index in [9.17, 15) is 0 Å². The minimum atomic E-state index is 0.0204. The van der Waals surface area contributed by atoms with Crippen molar-refractivity contribution in [3.05, 3.63) is 12.0 Å². The Balaban J connectivity index is 1.88. The molecule has 0 bridgehead atoms. The first-order chi connectivity index (χ1) is 5.79. The standard InChI is InChI=1S/C9H15NO2/c1-9(6-10-7-9)12-8-3-2-4-11-5-8/h5,10H,2-4,6-7H2,1H3. The summed E-state index contributed by atoms with van der Waals surface area (Å²) in [6.07, 6.45) is 3.86. The van der Waals surface area contributed by atoms with Gasteiger partial charge in [-0.15, -0.1) is 0 Å². The molecule has 3 heteroatoms. The molecule has 0 saturated carbocycles. The minimum Gasteiger partial charge on any atom is -0.498 e. The molecule has 0 unspecified atom stereocenters. The van der Waals surface area contributed by atoms with Crippen LogP contribution >= 0.6 is 0 Å². The monoisotopic (exact) mass is 169 g/mol. The Kier molecular flexibility index (Phi) is 1.97. The summed E-state index contributed by atoms with van der Waals surface area (Å²) in [4.78, 5) is 0. The van der Waals surface area contributed by atoms with Gasteiger partial charge in [-0.25, -0.2) is 0 Å². The number of hydrogen-bond donors (Lipinski definition) is 1. The summed E-state index contributed by atoms with van der Waals surface area (Å²) in [6, 6.07) is 0. The first-order valence-corrected chi connectivity index (χ1v) is 4.49. The molecule has 0 aliphatic carbocycles. The Morgan fingerprint density at radius 2 is 2.42 bits per heavy atom. The topological polar surface area (TPSA) is 30.5 Å². The summed E-state index contributed by atoms with van der Waals surface area (Å²) < 4.78 is 11.0. The Morgan fingerprint density at radius 3 is 2.92 bits per heavy atom. The maximum absolute atomic E-state index is 5.79. The van der Waals surface area contributed by atoms with E-state index < -0.39 is 0 Å². The molecule has 0 atom stereocenters. The fourth-order valence-corrected chi connectivity index (χ4v) is 1.48. The molecule has 2 aliphatic rings. The highest BCUT2D eigenvalue weighted by Crippen LogP contribution is 2.23. The molecule has 1 saturated heterocycles. The van der Waals surface area contributed by atoms with Gasteiger partial charge in [-0.3, -0.25) is 0 Å². The zero-order chi connectivity index (χ0) is 8.44. The van der Waals surface area contributed by atoms with Gasteiger partial charge in [-0.05, 0) is 13.3 Å². The van der Waals surface area contributed by atoms with Gasteiger partial charge in [-0.1, -0.05) is 0 Å². The molecule has 12 heavy (non-hydrogen) atoms. The Labute approximate surface area is 72.7 Å². The average Bonchev–Trinajstić information content (AvgIpc) is 2.04. The van der Waals surface area contributed by atoms with Gasteiger partial charge in [0.15, 0.2) is 0 Å². The van der Waals surface area contributed by atoms with Gasteiger partial charge in [0.25, 0.3) is 0 Å². The van der Waals surface area contributed by atoms with Crippen molar-refractivity contribution in [1.82, 2.24) is 5.32 Å². The summed E-state index contributed by atoms with van der Waals surface area (Å²) in [7, 11) is 0. The Morgan fingerprint density at radius 1 is 1.58 bits per heavy atom. The van der Waals surface area contributed by atoms with E-state index in [1.165, 1.54) is 0 Å². The third-order valence-electron chi connectivity index (χ3n) is 2.28. The van der Waals surface area contributed by atoms with Crippen molar-refractivity contribution in [1.29, 1.82) is 0 Å². The second kappa shape index (κ2) is 2.98. The predicted octanol–water partition coefficient (Wildman–Crippen LogP) is 1.02. The number of nitrogens with one attached hydrogen (secondary N) is 1. The molecule has 0 aromatic rings. The molecular weight excluding hydrogens is 154 g/mol. The highest BCUT2D eigenvalue weighted by atomic mass is 16.5. The molecule has 3 nitrogen and oxygen atoms in total. The average molecular weight is 169 g/mol. The van der Waals surface area contributed by atoms with Crippen molar-refractivity contribution in [3.63, 3.8) is 0 Å². The third kappa shape index (κ3) is 1.55. The van der Waals surface area contributed by atoms with Crippen molar-refractivity contribution in [2.24, 2.45) is 0 Å². The zero-order valence-electron chi connectivity index (χ0n) is 7.43. The van der Waals surface area contributed by atoms with E-state index >= 15 is 0 Å². The maximum atomic E-state index is 5.79. The van der Waals surface area contributed by atoms with Crippen molar-refractivity contribution in [2.75, 3.05) is 19.7 Å². The Bertz CT molecular complexity index is 197. The van der Waals surface area contributed by atoms with E-state index in [-0.39, 0.29) is 5.60 Å². The number of allylic oxidation sites excluding steroid dienone is 1. The molecule has 0 aromatic carbocycles. The minimum absolute atomic E-state index is 0.0204. The third-order valence-corrected chi connectivity index (χ3v) is 2.28. The molecule has 68 valence electrons. The van der Waals surface area contributed by atoms with E-state index in [0.29, 0.717) is 0 Å². The van der Waals surface area contributed by atoms with Crippen LogP contribution in [0.25, 0.3) is 0 Å². The highest BCUT2D eigenvalue weighted by Gasteiger charge is 2.34. The fraction of sp³-hybridized carbons (Fsp3) is 0.778. The van der Waals surface area contributed by atoms with Gasteiger partial charge in [0.2, 0.25) is 0 Å². The molecule has 1 fully saturated rings. The zero-order valence-corrected chi connectivity index (χ0v) is 7.43. The van der Waals surface area contributed by atoms with E-state index in [2.05, 4.69) is 12.2 Å². The summed E-state index contributed by atoms with van der Waals surface area (Å²) in [5.41, 5.74) is 0.0204. The van der Waals surface area contributed by atoms with E-state index in [1.807, 2.05) is 0 Å². The van der Waals surface area contributed by atoms with Crippen LogP contribution in [0.4, 0.5) is 0 Å². The maximum Gasteiger partial charge on any atom is 0.131 e. The molecule has 2 aliphatic heterocycles. The SMILES string of the molecule is CC1(OC2=COCCC2)CNC1. The summed E-state index contributed by atoms with van der Waals surface area (Å²) in [5.74, 6) is 1.00. The molecule has 2 rings (SSSR count).